The van der Waals surface area contributed by atoms with E-state index < -0.39 is 23.4 Å². The highest BCUT2D eigenvalue weighted by Gasteiger charge is 2.49. The fourth-order valence-corrected chi connectivity index (χ4v) is 3.43. The minimum absolute atomic E-state index is 0.389. The number of benzene rings is 2. The van der Waals surface area contributed by atoms with Gasteiger partial charge >= 0.3 is 6.03 Å². The van der Waals surface area contributed by atoms with Crippen molar-refractivity contribution in [2.45, 2.75) is 19.4 Å². The zero-order chi connectivity index (χ0) is 19.8. The van der Waals surface area contributed by atoms with Crippen LogP contribution in [0.1, 0.15) is 18.1 Å². The molecule has 0 unspecified atom stereocenters. The number of aryl methyl sites for hydroxylation is 1. The number of carbonyl (C=O) groups is 3. The number of rotatable bonds is 4. The first-order chi connectivity index (χ1) is 12.7. The van der Waals surface area contributed by atoms with E-state index in [4.69, 9.17) is 11.6 Å². The molecule has 2 aromatic carbocycles. The summed E-state index contributed by atoms with van der Waals surface area (Å²) in [6.07, 6.45) is 0. The fourth-order valence-electron chi connectivity index (χ4n) is 2.85. The molecule has 1 aliphatic heterocycles. The summed E-state index contributed by atoms with van der Waals surface area (Å²) >= 11 is 9.41. The number of halogens is 2. The average molecular weight is 451 g/mol. The second-order valence-electron chi connectivity index (χ2n) is 6.47. The molecule has 4 amide bonds. The molecule has 1 atom stereocenters. The zero-order valence-corrected chi connectivity index (χ0v) is 17.0. The summed E-state index contributed by atoms with van der Waals surface area (Å²) in [4.78, 5) is 38.4. The predicted octanol–water partition coefficient (Wildman–Crippen LogP) is 3.82. The van der Waals surface area contributed by atoms with Crippen molar-refractivity contribution in [2.75, 3.05) is 11.9 Å². The third-order valence-corrected chi connectivity index (χ3v) is 5.33. The van der Waals surface area contributed by atoms with Crippen LogP contribution in [-0.4, -0.2) is 29.3 Å². The molecule has 3 rings (SSSR count). The van der Waals surface area contributed by atoms with Crippen molar-refractivity contribution in [3.63, 3.8) is 0 Å². The van der Waals surface area contributed by atoms with Crippen LogP contribution >= 0.6 is 27.5 Å². The standard InChI is InChI=1S/C19H17BrClN3O3/c1-11-6-7-14(9-15(11)21)22-16(25)10-24-17(26)19(2,23-18(24)27)12-4-3-5-13(20)8-12/h3-9H,10H2,1-2H3,(H,22,25)(H,23,27)/t19-/m1/s1. The van der Waals surface area contributed by atoms with Gasteiger partial charge in [0.05, 0.1) is 0 Å². The summed E-state index contributed by atoms with van der Waals surface area (Å²) in [5.41, 5.74) is 0.781. The second-order valence-corrected chi connectivity index (χ2v) is 7.79. The van der Waals surface area contributed by atoms with Crippen LogP contribution < -0.4 is 10.6 Å². The van der Waals surface area contributed by atoms with Crippen molar-refractivity contribution in [3.8, 4) is 0 Å². The summed E-state index contributed by atoms with van der Waals surface area (Å²) in [5, 5.41) is 5.84. The zero-order valence-electron chi connectivity index (χ0n) is 14.7. The van der Waals surface area contributed by atoms with Gasteiger partial charge in [0.2, 0.25) is 5.91 Å². The molecule has 2 aromatic rings. The molecule has 2 N–H and O–H groups in total. The minimum Gasteiger partial charge on any atom is -0.324 e. The van der Waals surface area contributed by atoms with Gasteiger partial charge in [0.25, 0.3) is 5.91 Å². The topological polar surface area (TPSA) is 78.5 Å². The Morgan fingerprint density at radius 2 is 2.00 bits per heavy atom. The Balaban J connectivity index is 1.75. The number of carbonyl (C=O) groups excluding carboxylic acids is 3. The first-order valence-electron chi connectivity index (χ1n) is 8.17. The normalized spacial score (nSPS) is 19.2. The van der Waals surface area contributed by atoms with E-state index in [9.17, 15) is 14.4 Å². The quantitative estimate of drug-likeness (QED) is 0.695. The van der Waals surface area contributed by atoms with E-state index in [1.54, 1.807) is 43.3 Å². The molecular formula is C19H17BrClN3O3. The van der Waals surface area contributed by atoms with Gasteiger partial charge in [0.15, 0.2) is 0 Å². The molecule has 1 aliphatic rings. The van der Waals surface area contributed by atoms with Crippen molar-refractivity contribution in [3.05, 3.63) is 63.1 Å². The summed E-state index contributed by atoms with van der Waals surface area (Å²) in [6.45, 7) is 3.08. The molecule has 6 nitrogen and oxygen atoms in total. The van der Waals surface area contributed by atoms with Gasteiger partial charge in [0, 0.05) is 15.2 Å². The molecule has 0 aliphatic carbocycles. The number of hydrogen-bond acceptors (Lipinski definition) is 3. The highest BCUT2D eigenvalue weighted by Crippen LogP contribution is 2.30. The Kier molecular flexibility index (Phi) is 5.26. The van der Waals surface area contributed by atoms with E-state index in [2.05, 4.69) is 26.6 Å². The van der Waals surface area contributed by atoms with Gasteiger partial charge in [-0.3, -0.25) is 14.5 Å². The van der Waals surface area contributed by atoms with Crippen LogP contribution in [0, 0.1) is 6.92 Å². The SMILES string of the molecule is Cc1ccc(NC(=O)CN2C(=O)N[C@](C)(c3cccc(Br)c3)C2=O)cc1Cl. The van der Waals surface area contributed by atoms with E-state index in [0.717, 1.165) is 14.9 Å². The molecule has 1 fully saturated rings. The second kappa shape index (κ2) is 7.32. The van der Waals surface area contributed by atoms with Crippen LogP contribution in [0.4, 0.5) is 10.5 Å². The lowest BCUT2D eigenvalue weighted by atomic mass is 9.92. The minimum atomic E-state index is -1.23. The predicted molar refractivity (Wildman–Crippen MR) is 107 cm³/mol. The van der Waals surface area contributed by atoms with Gasteiger partial charge in [-0.05, 0) is 49.2 Å². The van der Waals surface area contributed by atoms with Crippen molar-refractivity contribution in [1.29, 1.82) is 0 Å². The Bertz CT molecular complexity index is 950. The highest BCUT2D eigenvalue weighted by atomic mass is 79.9. The molecule has 27 heavy (non-hydrogen) atoms. The van der Waals surface area contributed by atoms with E-state index in [0.29, 0.717) is 16.3 Å². The van der Waals surface area contributed by atoms with Crippen molar-refractivity contribution >= 4 is 51.1 Å². The molecule has 1 heterocycles. The molecule has 0 bridgehead atoms. The van der Waals surface area contributed by atoms with Crippen LogP contribution in [0.5, 0.6) is 0 Å². The van der Waals surface area contributed by atoms with E-state index in [1.807, 2.05) is 13.0 Å². The third-order valence-electron chi connectivity index (χ3n) is 4.43. The number of anilines is 1. The molecule has 0 spiro atoms. The smallest absolute Gasteiger partial charge is 0.324 e. The summed E-state index contributed by atoms with van der Waals surface area (Å²) in [5.74, 6) is -0.973. The van der Waals surface area contributed by atoms with Crippen molar-refractivity contribution in [2.24, 2.45) is 0 Å². The Morgan fingerprint density at radius 3 is 2.67 bits per heavy atom. The van der Waals surface area contributed by atoms with Crippen LogP contribution in [0.15, 0.2) is 46.9 Å². The Hall–Kier alpha value is -2.38. The number of nitrogens with zero attached hydrogens (tertiary/aromatic N) is 1. The van der Waals surface area contributed by atoms with Crippen LogP contribution in [0.25, 0.3) is 0 Å². The van der Waals surface area contributed by atoms with Gasteiger partial charge in [-0.15, -0.1) is 0 Å². The maximum atomic E-state index is 12.9. The van der Waals surface area contributed by atoms with Crippen LogP contribution in [0.3, 0.4) is 0 Å². The van der Waals surface area contributed by atoms with Gasteiger partial charge in [-0.1, -0.05) is 45.7 Å². The lowest BCUT2D eigenvalue weighted by Gasteiger charge is -2.22. The lowest BCUT2D eigenvalue weighted by molar-refractivity contribution is -0.133. The number of urea groups is 1. The van der Waals surface area contributed by atoms with Gasteiger partial charge in [0.1, 0.15) is 12.1 Å². The summed E-state index contributed by atoms with van der Waals surface area (Å²) in [6, 6.07) is 11.6. The van der Waals surface area contributed by atoms with Crippen molar-refractivity contribution < 1.29 is 14.4 Å². The fraction of sp³-hybridized carbons (Fsp3) is 0.211. The highest BCUT2D eigenvalue weighted by molar-refractivity contribution is 9.10. The molecule has 0 saturated carbocycles. The van der Waals surface area contributed by atoms with Crippen LogP contribution in [0.2, 0.25) is 5.02 Å². The molecule has 0 radical (unpaired) electrons. The largest absolute Gasteiger partial charge is 0.325 e. The van der Waals surface area contributed by atoms with E-state index >= 15 is 0 Å². The van der Waals surface area contributed by atoms with Gasteiger partial charge < -0.3 is 10.6 Å². The maximum Gasteiger partial charge on any atom is 0.325 e. The first-order valence-corrected chi connectivity index (χ1v) is 9.34. The maximum absolute atomic E-state index is 12.9. The molecule has 0 aromatic heterocycles. The monoisotopic (exact) mass is 449 g/mol. The Labute approximate surface area is 170 Å². The lowest BCUT2D eigenvalue weighted by Crippen LogP contribution is -2.42. The van der Waals surface area contributed by atoms with Crippen molar-refractivity contribution in [1.82, 2.24) is 10.2 Å². The van der Waals surface area contributed by atoms with Gasteiger partial charge in [-0.25, -0.2) is 4.79 Å². The van der Waals surface area contributed by atoms with E-state index in [1.165, 1.54) is 0 Å². The third kappa shape index (κ3) is 3.84. The molecule has 8 heteroatoms. The number of amides is 4. The molecule has 1 saturated heterocycles. The van der Waals surface area contributed by atoms with Crippen LogP contribution in [-0.2, 0) is 15.1 Å². The Morgan fingerprint density at radius 1 is 1.26 bits per heavy atom. The molecular weight excluding hydrogens is 434 g/mol. The number of imide groups is 1. The summed E-state index contributed by atoms with van der Waals surface area (Å²) < 4.78 is 0.788. The first kappa shape index (κ1) is 19.4. The van der Waals surface area contributed by atoms with E-state index in [-0.39, 0.29) is 6.54 Å². The number of nitrogens with one attached hydrogen (secondary N) is 2. The number of hydrogen-bond donors (Lipinski definition) is 2. The average Bonchev–Trinajstić information content (AvgIpc) is 2.82. The summed E-state index contributed by atoms with van der Waals surface area (Å²) in [7, 11) is 0. The molecule has 140 valence electrons. The van der Waals surface area contributed by atoms with Gasteiger partial charge in [-0.2, -0.15) is 0 Å².